The monoisotopic (exact) mass is 287 g/mol. The number of nitrogens with zero attached hydrogens (tertiary/aromatic N) is 1. The summed E-state index contributed by atoms with van der Waals surface area (Å²) in [6.45, 7) is 1.91. The Morgan fingerprint density at radius 1 is 1.53 bits per heavy atom. The largest absolute Gasteiger partial charge is 0.300 e. The second-order valence-corrected chi connectivity index (χ2v) is 5.27. The van der Waals surface area contributed by atoms with Gasteiger partial charge in [0.05, 0.1) is 0 Å². The number of halogens is 1. The third-order valence-corrected chi connectivity index (χ3v) is 3.43. The first-order chi connectivity index (χ1) is 7.22. The van der Waals surface area contributed by atoms with Gasteiger partial charge in [-0.2, -0.15) is 0 Å². The average Bonchev–Trinajstić information content (AvgIpc) is 2.24. The topological polar surface area (TPSA) is 30.0 Å². The van der Waals surface area contributed by atoms with E-state index >= 15 is 0 Å². The Morgan fingerprint density at radius 2 is 2.33 bits per heavy atom. The van der Waals surface area contributed by atoms with Gasteiger partial charge >= 0.3 is 0 Å². The van der Waals surface area contributed by atoms with Gasteiger partial charge in [0, 0.05) is 34.6 Å². The van der Waals surface area contributed by atoms with Gasteiger partial charge in [-0.15, -0.1) is 11.8 Å². The summed E-state index contributed by atoms with van der Waals surface area (Å²) in [5.41, 5.74) is 0. The van der Waals surface area contributed by atoms with Crippen LogP contribution in [0.15, 0.2) is 27.8 Å². The van der Waals surface area contributed by atoms with Crippen LogP contribution in [0.2, 0.25) is 0 Å². The highest BCUT2D eigenvalue weighted by Crippen LogP contribution is 2.21. The number of hydrogen-bond donors (Lipinski definition) is 0. The molecule has 0 aliphatic carbocycles. The molecule has 1 rings (SSSR count). The molecule has 4 heteroatoms. The fraction of sp³-hybridized carbons (Fsp3) is 0.455. The summed E-state index contributed by atoms with van der Waals surface area (Å²) in [5, 5.41) is 0. The van der Waals surface area contributed by atoms with Crippen LogP contribution in [0.3, 0.4) is 0 Å². The summed E-state index contributed by atoms with van der Waals surface area (Å²) in [5.74, 6) is 1.33. The lowest BCUT2D eigenvalue weighted by Crippen LogP contribution is -1.95. The maximum atomic E-state index is 11.0. The third-order valence-electron chi connectivity index (χ3n) is 1.94. The highest BCUT2D eigenvalue weighted by Gasteiger charge is 1.99. The summed E-state index contributed by atoms with van der Waals surface area (Å²) in [6.07, 6.45) is 5.92. The van der Waals surface area contributed by atoms with Gasteiger partial charge in [-0.25, -0.2) is 0 Å². The number of carbonyl (C=O) groups excluding carboxylic acids is 1. The normalized spacial score (nSPS) is 10.3. The van der Waals surface area contributed by atoms with Crippen molar-refractivity contribution in [1.82, 2.24) is 4.98 Å². The molecule has 1 heterocycles. The van der Waals surface area contributed by atoms with Crippen molar-refractivity contribution in [2.24, 2.45) is 0 Å². The predicted octanol–water partition coefficient (Wildman–Crippen LogP) is 3.70. The zero-order chi connectivity index (χ0) is 11.1. The number of rotatable bonds is 6. The minimum absolute atomic E-state index is 0.350. The predicted molar refractivity (Wildman–Crippen MR) is 67.2 cm³/mol. The first-order valence-electron chi connectivity index (χ1n) is 4.97. The molecule has 0 amide bonds. The van der Waals surface area contributed by atoms with Crippen LogP contribution in [0.25, 0.3) is 0 Å². The van der Waals surface area contributed by atoms with Gasteiger partial charge < -0.3 is 0 Å². The Kier molecular flexibility index (Phi) is 5.95. The summed E-state index contributed by atoms with van der Waals surface area (Å²) < 4.78 is 0.997. The summed E-state index contributed by atoms with van der Waals surface area (Å²) >= 11 is 5.12. The second-order valence-electron chi connectivity index (χ2n) is 3.18. The SMILES string of the molecule is CCC(=O)CCCSc1cncc(Br)c1. The van der Waals surface area contributed by atoms with Crippen molar-refractivity contribution in [1.29, 1.82) is 0 Å². The molecule has 0 unspecified atom stereocenters. The third kappa shape index (κ3) is 5.33. The Labute approximate surface area is 103 Å². The lowest BCUT2D eigenvalue weighted by molar-refractivity contribution is -0.118. The van der Waals surface area contributed by atoms with Crippen LogP contribution in [0, 0.1) is 0 Å². The number of pyridine rings is 1. The van der Waals surface area contributed by atoms with Crippen LogP contribution in [0.4, 0.5) is 0 Å². The maximum Gasteiger partial charge on any atom is 0.132 e. The Morgan fingerprint density at radius 3 is 3.00 bits per heavy atom. The smallest absolute Gasteiger partial charge is 0.132 e. The number of aromatic nitrogens is 1. The zero-order valence-electron chi connectivity index (χ0n) is 8.70. The molecule has 0 aliphatic rings. The maximum absolute atomic E-state index is 11.0. The minimum Gasteiger partial charge on any atom is -0.300 e. The van der Waals surface area contributed by atoms with Crippen molar-refractivity contribution in [2.75, 3.05) is 5.75 Å². The van der Waals surface area contributed by atoms with Crippen molar-refractivity contribution in [2.45, 2.75) is 31.1 Å². The highest BCUT2D eigenvalue weighted by molar-refractivity contribution is 9.10. The van der Waals surface area contributed by atoms with Gasteiger partial charge in [-0.1, -0.05) is 6.92 Å². The molecule has 0 bridgehead atoms. The van der Waals surface area contributed by atoms with Crippen molar-refractivity contribution in [3.63, 3.8) is 0 Å². The van der Waals surface area contributed by atoms with E-state index in [1.54, 1.807) is 18.0 Å². The van der Waals surface area contributed by atoms with E-state index in [-0.39, 0.29) is 0 Å². The van der Waals surface area contributed by atoms with E-state index in [1.165, 1.54) is 0 Å². The zero-order valence-corrected chi connectivity index (χ0v) is 11.1. The number of hydrogen-bond acceptors (Lipinski definition) is 3. The molecule has 15 heavy (non-hydrogen) atoms. The molecular formula is C11H14BrNOS. The first kappa shape index (κ1) is 12.7. The first-order valence-corrected chi connectivity index (χ1v) is 6.75. The molecule has 0 saturated carbocycles. The Bertz CT molecular complexity index is 330. The summed E-state index contributed by atoms with van der Waals surface area (Å²) in [6, 6.07) is 2.04. The van der Waals surface area contributed by atoms with Crippen LogP contribution in [-0.2, 0) is 4.79 Å². The van der Waals surface area contributed by atoms with Crippen molar-refractivity contribution < 1.29 is 4.79 Å². The van der Waals surface area contributed by atoms with Gasteiger partial charge in [-0.3, -0.25) is 9.78 Å². The lowest BCUT2D eigenvalue weighted by Gasteiger charge is -2.00. The summed E-state index contributed by atoms with van der Waals surface area (Å²) in [7, 11) is 0. The minimum atomic E-state index is 0.350. The molecule has 82 valence electrons. The fourth-order valence-electron chi connectivity index (χ4n) is 1.11. The second kappa shape index (κ2) is 7.01. The highest BCUT2D eigenvalue weighted by atomic mass is 79.9. The molecule has 1 aromatic rings. The number of thioether (sulfide) groups is 1. The van der Waals surface area contributed by atoms with Gasteiger partial charge in [-0.05, 0) is 34.2 Å². The van der Waals surface area contributed by atoms with E-state index in [4.69, 9.17) is 0 Å². The Hall–Kier alpha value is -0.350. The van der Waals surface area contributed by atoms with E-state index in [0.717, 1.165) is 21.5 Å². The van der Waals surface area contributed by atoms with Gasteiger partial charge in [0.1, 0.15) is 5.78 Å². The molecule has 0 saturated heterocycles. The van der Waals surface area contributed by atoms with Crippen LogP contribution in [0.5, 0.6) is 0 Å². The van der Waals surface area contributed by atoms with E-state index < -0.39 is 0 Å². The van der Waals surface area contributed by atoms with E-state index in [1.807, 2.05) is 19.2 Å². The van der Waals surface area contributed by atoms with Crippen LogP contribution in [0.1, 0.15) is 26.2 Å². The van der Waals surface area contributed by atoms with Crippen LogP contribution in [-0.4, -0.2) is 16.5 Å². The van der Waals surface area contributed by atoms with Gasteiger partial charge in [0.25, 0.3) is 0 Å². The molecule has 0 N–H and O–H groups in total. The molecule has 0 aliphatic heterocycles. The molecule has 0 fully saturated rings. The van der Waals surface area contributed by atoms with Crippen molar-refractivity contribution >= 4 is 33.5 Å². The van der Waals surface area contributed by atoms with E-state index in [0.29, 0.717) is 18.6 Å². The van der Waals surface area contributed by atoms with Crippen LogP contribution >= 0.6 is 27.7 Å². The van der Waals surface area contributed by atoms with Gasteiger partial charge in [0.15, 0.2) is 0 Å². The molecule has 0 aromatic carbocycles. The summed E-state index contributed by atoms with van der Waals surface area (Å²) in [4.78, 5) is 16.3. The van der Waals surface area contributed by atoms with E-state index in [2.05, 4.69) is 20.9 Å². The molecule has 0 atom stereocenters. The van der Waals surface area contributed by atoms with Gasteiger partial charge in [0.2, 0.25) is 0 Å². The standard InChI is InChI=1S/C11H14BrNOS/c1-2-10(14)4-3-5-15-11-6-9(12)7-13-8-11/h6-8H,2-5H2,1H3. The number of carbonyl (C=O) groups is 1. The molecule has 1 aromatic heterocycles. The van der Waals surface area contributed by atoms with Crippen molar-refractivity contribution in [3.8, 4) is 0 Å². The lowest BCUT2D eigenvalue weighted by atomic mass is 10.2. The fourth-order valence-corrected chi connectivity index (χ4v) is 2.49. The Balaban J connectivity index is 2.23. The molecular weight excluding hydrogens is 274 g/mol. The van der Waals surface area contributed by atoms with Crippen molar-refractivity contribution in [3.05, 3.63) is 22.9 Å². The molecule has 2 nitrogen and oxygen atoms in total. The molecule has 0 radical (unpaired) electrons. The quantitative estimate of drug-likeness (QED) is 0.590. The van der Waals surface area contributed by atoms with E-state index in [9.17, 15) is 4.79 Å². The van der Waals surface area contributed by atoms with Crippen LogP contribution < -0.4 is 0 Å². The number of ketones is 1. The number of Topliss-reactive ketones (excluding diaryl/α,β-unsaturated/α-hetero) is 1. The molecule has 0 spiro atoms. The average molecular weight is 288 g/mol.